The summed E-state index contributed by atoms with van der Waals surface area (Å²) in [5.41, 5.74) is 0.593. The molecule has 6 nitrogen and oxygen atoms in total. The molecule has 1 aromatic carbocycles. The van der Waals surface area contributed by atoms with Crippen LogP contribution in [0.3, 0.4) is 0 Å². The predicted octanol–water partition coefficient (Wildman–Crippen LogP) is 1.05. The van der Waals surface area contributed by atoms with E-state index in [0.29, 0.717) is 18.3 Å². The normalized spacial score (nSPS) is 20.1. The lowest BCUT2D eigenvalue weighted by Gasteiger charge is -2.37. The van der Waals surface area contributed by atoms with Crippen molar-refractivity contribution in [3.63, 3.8) is 0 Å². The van der Waals surface area contributed by atoms with Crippen molar-refractivity contribution in [3.05, 3.63) is 30.1 Å². The van der Waals surface area contributed by atoms with E-state index in [1.165, 1.54) is 12.1 Å². The second kappa shape index (κ2) is 7.93. The van der Waals surface area contributed by atoms with Crippen LogP contribution in [0.4, 0.5) is 10.1 Å². The molecule has 0 unspecified atom stereocenters. The van der Waals surface area contributed by atoms with Crippen LogP contribution in [0, 0.1) is 5.82 Å². The lowest BCUT2D eigenvalue weighted by Crippen LogP contribution is -2.55. The SMILES string of the molecule is C[C@@H](C(=O)NC1CC1)N1CCN(CC(=O)Nc2ccc(F)cc2)CC1. The lowest BCUT2D eigenvalue weighted by atomic mass is 10.2. The highest BCUT2D eigenvalue weighted by Crippen LogP contribution is 2.19. The van der Waals surface area contributed by atoms with Gasteiger partial charge in [0.2, 0.25) is 11.8 Å². The number of benzene rings is 1. The van der Waals surface area contributed by atoms with Crippen LogP contribution in [0.15, 0.2) is 24.3 Å². The molecule has 1 aliphatic carbocycles. The largest absolute Gasteiger partial charge is 0.352 e. The molecule has 1 heterocycles. The fourth-order valence-electron chi connectivity index (χ4n) is 2.96. The van der Waals surface area contributed by atoms with E-state index < -0.39 is 0 Å². The predicted molar refractivity (Wildman–Crippen MR) is 93.7 cm³/mol. The van der Waals surface area contributed by atoms with Crippen LogP contribution >= 0.6 is 0 Å². The second-order valence-corrected chi connectivity index (χ2v) is 6.83. The highest BCUT2D eigenvalue weighted by Gasteiger charge is 2.30. The third-order valence-corrected chi connectivity index (χ3v) is 4.75. The summed E-state index contributed by atoms with van der Waals surface area (Å²) in [5, 5.41) is 5.81. The van der Waals surface area contributed by atoms with Crippen molar-refractivity contribution in [2.75, 3.05) is 38.0 Å². The number of nitrogens with zero attached hydrogens (tertiary/aromatic N) is 2. The quantitative estimate of drug-likeness (QED) is 0.807. The number of anilines is 1. The molecule has 1 atom stereocenters. The number of hydrogen-bond acceptors (Lipinski definition) is 4. The van der Waals surface area contributed by atoms with Crippen LogP contribution in [-0.4, -0.2) is 66.4 Å². The van der Waals surface area contributed by atoms with E-state index in [9.17, 15) is 14.0 Å². The lowest BCUT2D eigenvalue weighted by molar-refractivity contribution is -0.127. The van der Waals surface area contributed by atoms with Gasteiger partial charge in [-0.25, -0.2) is 4.39 Å². The highest BCUT2D eigenvalue weighted by molar-refractivity contribution is 5.92. The molecule has 136 valence electrons. The maximum atomic E-state index is 12.9. The van der Waals surface area contributed by atoms with Gasteiger partial charge in [0.1, 0.15) is 5.82 Å². The van der Waals surface area contributed by atoms with E-state index in [4.69, 9.17) is 0 Å². The Morgan fingerprint density at radius 2 is 1.80 bits per heavy atom. The molecule has 1 saturated heterocycles. The average Bonchev–Trinajstić information content (AvgIpc) is 3.41. The van der Waals surface area contributed by atoms with Crippen molar-refractivity contribution >= 4 is 17.5 Å². The monoisotopic (exact) mass is 348 g/mol. The van der Waals surface area contributed by atoms with E-state index in [0.717, 1.165) is 39.0 Å². The second-order valence-electron chi connectivity index (χ2n) is 6.83. The maximum absolute atomic E-state index is 12.9. The van der Waals surface area contributed by atoms with E-state index in [1.54, 1.807) is 12.1 Å². The molecule has 3 rings (SSSR count). The molecule has 2 N–H and O–H groups in total. The summed E-state index contributed by atoms with van der Waals surface area (Å²) >= 11 is 0. The van der Waals surface area contributed by atoms with Crippen LogP contribution < -0.4 is 10.6 Å². The van der Waals surface area contributed by atoms with Gasteiger partial charge in [-0.05, 0) is 44.0 Å². The molecule has 0 radical (unpaired) electrons. The van der Waals surface area contributed by atoms with E-state index in [2.05, 4.69) is 20.4 Å². The van der Waals surface area contributed by atoms with E-state index >= 15 is 0 Å². The van der Waals surface area contributed by atoms with Gasteiger partial charge in [0.05, 0.1) is 12.6 Å². The first-order chi connectivity index (χ1) is 12.0. The van der Waals surface area contributed by atoms with Gasteiger partial charge < -0.3 is 10.6 Å². The summed E-state index contributed by atoms with van der Waals surface area (Å²) < 4.78 is 12.9. The minimum atomic E-state index is -0.325. The minimum absolute atomic E-state index is 0.102. The van der Waals surface area contributed by atoms with Crippen LogP contribution in [0.1, 0.15) is 19.8 Å². The van der Waals surface area contributed by atoms with Crippen molar-refractivity contribution in [3.8, 4) is 0 Å². The molecule has 2 amide bonds. The summed E-state index contributed by atoms with van der Waals surface area (Å²) in [4.78, 5) is 28.4. The summed E-state index contributed by atoms with van der Waals surface area (Å²) in [7, 11) is 0. The van der Waals surface area contributed by atoms with Crippen LogP contribution in [-0.2, 0) is 9.59 Å². The van der Waals surface area contributed by atoms with E-state index in [-0.39, 0.29) is 23.7 Å². The smallest absolute Gasteiger partial charge is 0.238 e. The number of piperazine rings is 1. The van der Waals surface area contributed by atoms with Gasteiger partial charge in [-0.2, -0.15) is 0 Å². The van der Waals surface area contributed by atoms with Crippen molar-refractivity contribution in [1.29, 1.82) is 0 Å². The number of amides is 2. The fourth-order valence-corrected chi connectivity index (χ4v) is 2.96. The highest BCUT2D eigenvalue weighted by atomic mass is 19.1. The molecule has 25 heavy (non-hydrogen) atoms. The van der Waals surface area contributed by atoms with Gasteiger partial charge in [-0.15, -0.1) is 0 Å². The van der Waals surface area contributed by atoms with Gasteiger partial charge in [0.25, 0.3) is 0 Å². The molecule has 1 aromatic rings. The molecule has 2 fully saturated rings. The standard InChI is InChI=1S/C18H25FN4O2/c1-13(18(25)21-16-6-7-16)23-10-8-22(9-11-23)12-17(24)20-15-4-2-14(19)3-5-15/h2-5,13,16H,6-12H2,1H3,(H,20,24)(H,21,25)/t13-/m0/s1. The van der Waals surface area contributed by atoms with Crippen molar-refractivity contribution < 1.29 is 14.0 Å². The van der Waals surface area contributed by atoms with Gasteiger partial charge in [-0.3, -0.25) is 19.4 Å². The molecule has 7 heteroatoms. The Labute approximate surface area is 147 Å². The fraction of sp³-hybridized carbons (Fsp3) is 0.556. The molecular formula is C18H25FN4O2. The van der Waals surface area contributed by atoms with Gasteiger partial charge in [-0.1, -0.05) is 0 Å². The molecule has 1 saturated carbocycles. The Hall–Kier alpha value is -1.99. The molecule has 0 aromatic heterocycles. The third-order valence-electron chi connectivity index (χ3n) is 4.75. The summed E-state index contributed by atoms with van der Waals surface area (Å²) in [6.07, 6.45) is 2.19. The molecular weight excluding hydrogens is 323 g/mol. The number of nitrogens with one attached hydrogen (secondary N) is 2. The third kappa shape index (κ3) is 5.24. The summed E-state index contributed by atoms with van der Waals surface area (Å²) in [5.74, 6) is -0.335. The summed E-state index contributed by atoms with van der Waals surface area (Å²) in [6.45, 7) is 5.27. The summed E-state index contributed by atoms with van der Waals surface area (Å²) in [6, 6.07) is 5.99. The number of carbonyl (C=O) groups is 2. The van der Waals surface area contributed by atoms with Crippen molar-refractivity contribution in [2.45, 2.75) is 31.8 Å². The topological polar surface area (TPSA) is 64.7 Å². The minimum Gasteiger partial charge on any atom is -0.352 e. The Kier molecular flexibility index (Phi) is 5.65. The Morgan fingerprint density at radius 3 is 2.40 bits per heavy atom. The first-order valence-corrected chi connectivity index (χ1v) is 8.83. The first kappa shape index (κ1) is 17.8. The van der Waals surface area contributed by atoms with Crippen LogP contribution in [0.25, 0.3) is 0 Å². The number of carbonyl (C=O) groups excluding carboxylic acids is 2. The number of halogens is 1. The van der Waals surface area contributed by atoms with Crippen molar-refractivity contribution in [2.24, 2.45) is 0 Å². The number of hydrogen-bond donors (Lipinski definition) is 2. The van der Waals surface area contributed by atoms with Gasteiger partial charge >= 0.3 is 0 Å². The van der Waals surface area contributed by atoms with Crippen molar-refractivity contribution in [1.82, 2.24) is 15.1 Å². The Morgan fingerprint density at radius 1 is 1.16 bits per heavy atom. The molecule has 0 bridgehead atoms. The zero-order chi connectivity index (χ0) is 17.8. The molecule has 1 aliphatic heterocycles. The van der Waals surface area contributed by atoms with Gasteiger partial charge in [0, 0.05) is 37.9 Å². The zero-order valence-corrected chi connectivity index (χ0v) is 14.5. The first-order valence-electron chi connectivity index (χ1n) is 8.83. The van der Waals surface area contributed by atoms with E-state index in [1.807, 2.05) is 6.92 Å². The number of rotatable bonds is 6. The van der Waals surface area contributed by atoms with Crippen LogP contribution in [0.5, 0.6) is 0 Å². The molecule has 2 aliphatic rings. The molecule has 0 spiro atoms. The maximum Gasteiger partial charge on any atom is 0.238 e. The van der Waals surface area contributed by atoms with Gasteiger partial charge in [0.15, 0.2) is 0 Å². The Bertz CT molecular complexity index is 610. The Balaban J connectivity index is 1.40. The average molecular weight is 348 g/mol. The zero-order valence-electron chi connectivity index (χ0n) is 14.5. The van der Waals surface area contributed by atoms with Crippen LogP contribution in [0.2, 0.25) is 0 Å².